The van der Waals surface area contributed by atoms with Crippen molar-refractivity contribution in [2.24, 2.45) is 11.8 Å². The first-order valence-electron chi connectivity index (χ1n) is 5.94. The fourth-order valence-corrected chi connectivity index (χ4v) is 2.62. The molecule has 1 fully saturated rings. The Bertz CT molecular complexity index is 152. The van der Waals surface area contributed by atoms with Crippen LogP contribution in [0.5, 0.6) is 0 Å². The second-order valence-electron chi connectivity index (χ2n) is 5.13. The number of nitrogens with zero attached hydrogens (tertiary/aromatic N) is 1. The Morgan fingerprint density at radius 2 is 1.79 bits per heavy atom. The molecular weight excluding hydrogens is 174 g/mol. The molecular formula is C12H25NO. The summed E-state index contributed by atoms with van der Waals surface area (Å²) in [5.41, 5.74) is 0. The van der Waals surface area contributed by atoms with Crippen molar-refractivity contribution in [2.75, 3.05) is 20.6 Å². The minimum atomic E-state index is -0.0855. The molecule has 0 radical (unpaired) electrons. The summed E-state index contributed by atoms with van der Waals surface area (Å²) < 4.78 is 0. The van der Waals surface area contributed by atoms with Crippen molar-refractivity contribution in [3.63, 3.8) is 0 Å². The van der Waals surface area contributed by atoms with E-state index >= 15 is 0 Å². The molecule has 84 valence electrons. The normalized spacial score (nSPS) is 23.8. The Balaban J connectivity index is 2.33. The van der Waals surface area contributed by atoms with E-state index in [0.717, 1.165) is 6.54 Å². The zero-order valence-electron chi connectivity index (χ0n) is 9.87. The van der Waals surface area contributed by atoms with Crippen molar-refractivity contribution in [3.8, 4) is 0 Å². The van der Waals surface area contributed by atoms with Crippen LogP contribution in [-0.2, 0) is 0 Å². The van der Waals surface area contributed by atoms with Gasteiger partial charge in [-0.3, -0.25) is 0 Å². The second kappa shape index (κ2) is 5.72. The lowest BCUT2D eigenvalue weighted by Gasteiger charge is -2.31. The van der Waals surface area contributed by atoms with Gasteiger partial charge in [-0.2, -0.15) is 0 Å². The molecule has 1 N–H and O–H groups in total. The van der Waals surface area contributed by atoms with Crippen molar-refractivity contribution in [3.05, 3.63) is 0 Å². The van der Waals surface area contributed by atoms with Gasteiger partial charge in [-0.05, 0) is 38.8 Å². The van der Waals surface area contributed by atoms with E-state index in [1.807, 2.05) is 0 Å². The number of aliphatic hydroxyl groups excluding tert-OH is 1. The second-order valence-corrected chi connectivity index (χ2v) is 5.13. The van der Waals surface area contributed by atoms with Gasteiger partial charge in [-0.15, -0.1) is 0 Å². The summed E-state index contributed by atoms with van der Waals surface area (Å²) in [5.74, 6) is 0.979. The van der Waals surface area contributed by atoms with E-state index in [4.69, 9.17) is 0 Å². The molecule has 14 heavy (non-hydrogen) atoms. The van der Waals surface area contributed by atoms with Crippen LogP contribution < -0.4 is 0 Å². The highest BCUT2D eigenvalue weighted by molar-refractivity contribution is 4.77. The first kappa shape index (κ1) is 12.0. The van der Waals surface area contributed by atoms with E-state index in [9.17, 15) is 5.11 Å². The number of rotatable bonds is 4. The molecule has 1 saturated carbocycles. The largest absolute Gasteiger partial charge is 0.393 e. The predicted octanol–water partition coefficient (Wildman–Crippen LogP) is 2.13. The van der Waals surface area contributed by atoms with Gasteiger partial charge < -0.3 is 10.0 Å². The van der Waals surface area contributed by atoms with Crippen molar-refractivity contribution in [2.45, 2.75) is 45.1 Å². The fourth-order valence-electron chi connectivity index (χ4n) is 2.62. The Kier molecular flexibility index (Phi) is 4.90. The first-order chi connectivity index (χ1) is 6.61. The maximum Gasteiger partial charge on any atom is 0.0606 e. The molecule has 0 aromatic rings. The SMILES string of the molecule is C[C@H](CN(C)C)[C@@H](O)C1CCCCC1. The summed E-state index contributed by atoms with van der Waals surface area (Å²) in [6, 6.07) is 0. The molecule has 0 heterocycles. The van der Waals surface area contributed by atoms with Crippen molar-refractivity contribution >= 4 is 0 Å². The van der Waals surface area contributed by atoms with Gasteiger partial charge in [-0.1, -0.05) is 26.2 Å². The van der Waals surface area contributed by atoms with Gasteiger partial charge >= 0.3 is 0 Å². The zero-order chi connectivity index (χ0) is 10.6. The third-order valence-corrected chi connectivity index (χ3v) is 3.37. The summed E-state index contributed by atoms with van der Waals surface area (Å²) >= 11 is 0. The first-order valence-corrected chi connectivity index (χ1v) is 5.94. The molecule has 2 nitrogen and oxygen atoms in total. The van der Waals surface area contributed by atoms with Crippen LogP contribution in [0.15, 0.2) is 0 Å². The van der Waals surface area contributed by atoms with Crippen LogP contribution in [0.25, 0.3) is 0 Å². The Hall–Kier alpha value is -0.0800. The zero-order valence-corrected chi connectivity index (χ0v) is 9.87. The van der Waals surface area contributed by atoms with Crippen LogP contribution in [0.4, 0.5) is 0 Å². The lowest BCUT2D eigenvalue weighted by molar-refractivity contribution is 0.0305. The molecule has 0 aromatic heterocycles. The number of hydrogen-bond donors (Lipinski definition) is 1. The molecule has 0 aromatic carbocycles. The van der Waals surface area contributed by atoms with Crippen molar-refractivity contribution in [1.29, 1.82) is 0 Å². The van der Waals surface area contributed by atoms with Crippen LogP contribution in [-0.4, -0.2) is 36.8 Å². The minimum absolute atomic E-state index is 0.0855. The molecule has 0 amide bonds. The van der Waals surface area contributed by atoms with E-state index in [2.05, 4.69) is 25.9 Å². The molecule has 0 saturated heterocycles. The summed E-state index contributed by atoms with van der Waals surface area (Å²) in [6.07, 6.45) is 6.38. The van der Waals surface area contributed by atoms with Gasteiger partial charge in [0.1, 0.15) is 0 Å². The summed E-state index contributed by atoms with van der Waals surface area (Å²) in [5, 5.41) is 10.2. The highest BCUT2D eigenvalue weighted by atomic mass is 16.3. The molecule has 0 bridgehead atoms. The van der Waals surface area contributed by atoms with Gasteiger partial charge in [0, 0.05) is 6.54 Å². The highest BCUT2D eigenvalue weighted by Crippen LogP contribution is 2.29. The Morgan fingerprint density at radius 1 is 1.21 bits per heavy atom. The van der Waals surface area contributed by atoms with E-state index in [1.165, 1.54) is 32.1 Å². The Morgan fingerprint density at radius 3 is 2.29 bits per heavy atom. The van der Waals surface area contributed by atoms with Crippen LogP contribution in [0, 0.1) is 11.8 Å². The van der Waals surface area contributed by atoms with Crippen molar-refractivity contribution < 1.29 is 5.11 Å². The molecule has 0 aliphatic heterocycles. The van der Waals surface area contributed by atoms with E-state index in [-0.39, 0.29) is 6.10 Å². The van der Waals surface area contributed by atoms with E-state index < -0.39 is 0 Å². The standard InChI is InChI=1S/C12H25NO/c1-10(9-13(2)3)12(14)11-7-5-4-6-8-11/h10-12,14H,4-9H2,1-3H3/t10-,12-/m1/s1. The molecule has 1 rings (SSSR count). The lowest BCUT2D eigenvalue weighted by atomic mass is 9.81. The maximum absolute atomic E-state index is 10.2. The van der Waals surface area contributed by atoms with Crippen LogP contribution in [0.2, 0.25) is 0 Å². The number of aliphatic hydroxyl groups is 1. The smallest absolute Gasteiger partial charge is 0.0606 e. The molecule has 1 aliphatic rings. The lowest BCUT2D eigenvalue weighted by Crippen LogP contribution is -2.35. The Labute approximate surface area is 88.3 Å². The summed E-state index contributed by atoms with van der Waals surface area (Å²) in [7, 11) is 4.15. The number of hydrogen-bond acceptors (Lipinski definition) is 2. The average molecular weight is 199 g/mol. The fraction of sp³-hybridized carbons (Fsp3) is 1.00. The molecule has 0 unspecified atom stereocenters. The van der Waals surface area contributed by atoms with Gasteiger partial charge in [-0.25, -0.2) is 0 Å². The van der Waals surface area contributed by atoms with Gasteiger partial charge in [0.25, 0.3) is 0 Å². The van der Waals surface area contributed by atoms with Gasteiger partial charge in [0.05, 0.1) is 6.10 Å². The van der Waals surface area contributed by atoms with Gasteiger partial charge in [0.2, 0.25) is 0 Å². The van der Waals surface area contributed by atoms with E-state index in [1.54, 1.807) is 0 Å². The summed E-state index contributed by atoms with van der Waals surface area (Å²) in [6.45, 7) is 3.16. The quantitative estimate of drug-likeness (QED) is 0.749. The molecule has 2 heteroatoms. The minimum Gasteiger partial charge on any atom is -0.393 e. The molecule has 1 aliphatic carbocycles. The van der Waals surface area contributed by atoms with Crippen LogP contribution in [0.3, 0.4) is 0 Å². The van der Waals surface area contributed by atoms with Crippen LogP contribution in [0.1, 0.15) is 39.0 Å². The monoisotopic (exact) mass is 199 g/mol. The predicted molar refractivity (Wildman–Crippen MR) is 60.3 cm³/mol. The summed E-state index contributed by atoms with van der Waals surface area (Å²) in [4.78, 5) is 2.16. The highest BCUT2D eigenvalue weighted by Gasteiger charge is 2.26. The van der Waals surface area contributed by atoms with Gasteiger partial charge in [0.15, 0.2) is 0 Å². The third kappa shape index (κ3) is 3.58. The average Bonchev–Trinajstić information content (AvgIpc) is 2.17. The third-order valence-electron chi connectivity index (χ3n) is 3.37. The topological polar surface area (TPSA) is 23.5 Å². The molecule has 2 atom stereocenters. The van der Waals surface area contributed by atoms with Crippen LogP contribution >= 0.6 is 0 Å². The van der Waals surface area contributed by atoms with E-state index in [0.29, 0.717) is 11.8 Å². The van der Waals surface area contributed by atoms with Crippen molar-refractivity contribution in [1.82, 2.24) is 4.90 Å². The molecule has 0 spiro atoms. The maximum atomic E-state index is 10.2.